The largest absolute Gasteiger partial charge is 0.492 e. The second-order valence-corrected chi connectivity index (χ2v) is 8.58. The van der Waals surface area contributed by atoms with E-state index in [1.54, 1.807) is 18.2 Å². The Hall–Kier alpha value is -3.35. The number of fused-ring (bicyclic) bond motifs is 1. The molecule has 3 aromatic rings. The summed E-state index contributed by atoms with van der Waals surface area (Å²) in [6.45, 7) is 6.43. The summed E-state index contributed by atoms with van der Waals surface area (Å²) >= 11 is 0. The summed E-state index contributed by atoms with van der Waals surface area (Å²) in [4.78, 5) is 15.9. The van der Waals surface area contributed by atoms with Gasteiger partial charge < -0.3 is 9.47 Å². The smallest absolute Gasteiger partial charge is 0.195 e. The third-order valence-electron chi connectivity index (χ3n) is 6.30. The number of morpholine rings is 1. The van der Waals surface area contributed by atoms with E-state index in [0.29, 0.717) is 40.2 Å². The zero-order valence-corrected chi connectivity index (χ0v) is 18.9. The van der Waals surface area contributed by atoms with Gasteiger partial charge in [-0.25, -0.2) is 8.78 Å². The standard InChI is InChI=1S/C28H25F2NO3/c1-18-2-4-19(5-3-18)26-27(23-8-6-20(29)16-25(23)30)22-9-7-21(17-24(22)28(26)32)34-15-12-31-10-13-33-14-11-31/h2-9,16-17H,10-15H2,1H3. The highest BCUT2D eigenvalue weighted by molar-refractivity contribution is 6.41. The average Bonchev–Trinajstić information content (AvgIpc) is 3.12. The highest BCUT2D eigenvalue weighted by Gasteiger charge is 2.33. The molecule has 1 aliphatic heterocycles. The summed E-state index contributed by atoms with van der Waals surface area (Å²) in [7, 11) is 0. The highest BCUT2D eigenvalue weighted by atomic mass is 19.1. The number of allylic oxidation sites excluding steroid dienone is 1. The Kier molecular flexibility index (Phi) is 6.26. The molecule has 3 aromatic carbocycles. The number of ketones is 1. The SMILES string of the molecule is Cc1ccc(C2=C(c3ccc(F)cc3F)c3ccc(OCCN4CCOCC4)cc3C2=O)cc1. The number of ether oxygens (including phenoxy) is 2. The molecule has 0 aromatic heterocycles. The van der Waals surface area contributed by atoms with E-state index >= 15 is 0 Å². The predicted molar refractivity (Wildman–Crippen MR) is 127 cm³/mol. The van der Waals surface area contributed by atoms with Crippen molar-refractivity contribution in [2.45, 2.75) is 6.92 Å². The molecule has 6 heteroatoms. The molecular weight excluding hydrogens is 436 g/mol. The van der Waals surface area contributed by atoms with Gasteiger partial charge in [0.1, 0.15) is 24.0 Å². The fraction of sp³-hybridized carbons (Fsp3) is 0.250. The van der Waals surface area contributed by atoms with Crippen LogP contribution in [0.2, 0.25) is 0 Å². The van der Waals surface area contributed by atoms with Gasteiger partial charge in [-0.1, -0.05) is 29.8 Å². The molecule has 174 valence electrons. The summed E-state index contributed by atoms with van der Waals surface area (Å²) in [5.74, 6) is -0.973. The van der Waals surface area contributed by atoms with Gasteiger partial charge in [0.05, 0.1) is 13.2 Å². The molecule has 0 radical (unpaired) electrons. The van der Waals surface area contributed by atoms with Crippen LogP contribution >= 0.6 is 0 Å². The lowest BCUT2D eigenvalue weighted by molar-refractivity contribution is 0.0322. The van der Waals surface area contributed by atoms with E-state index in [9.17, 15) is 13.6 Å². The molecule has 0 bridgehead atoms. The minimum atomic E-state index is -0.703. The van der Waals surface area contributed by atoms with Crippen LogP contribution in [0.15, 0.2) is 60.7 Å². The third-order valence-corrected chi connectivity index (χ3v) is 6.30. The summed E-state index contributed by atoms with van der Waals surface area (Å²) in [6.07, 6.45) is 0. The van der Waals surface area contributed by atoms with Crippen molar-refractivity contribution in [1.82, 2.24) is 4.90 Å². The Morgan fingerprint density at radius 3 is 2.35 bits per heavy atom. The number of Topliss-reactive ketones (excluding diaryl/α,β-unsaturated/α-hetero) is 1. The quantitative estimate of drug-likeness (QED) is 0.510. The summed E-state index contributed by atoms with van der Waals surface area (Å²) in [5, 5.41) is 0. The van der Waals surface area contributed by atoms with E-state index in [0.717, 1.165) is 44.5 Å². The zero-order chi connectivity index (χ0) is 23.7. The Morgan fingerprint density at radius 1 is 0.882 bits per heavy atom. The molecule has 4 nitrogen and oxygen atoms in total. The van der Waals surface area contributed by atoms with E-state index in [2.05, 4.69) is 4.90 Å². The molecule has 0 atom stereocenters. The number of hydrogen-bond donors (Lipinski definition) is 0. The van der Waals surface area contributed by atoms with Gasteiger partial charge >= 0.3 is 0 Å². The van der Waals surface area contributed by atoms with Gasteiger partial charge in [0.25, 0.3) is 0 Å². The number of carbonyl (C=O) groups is 1. The molecule has 0 N–H and O–H groups in total. The maximum Gasteiger partial charge on any atom is 0.195 e. The van der Waals surface area contributed by atoms with Gasteiger partial charge in [-0.2, -0.15) is 0 Å². The lowest BCUT2D eigenvalue weighted by atomic mass is 9.93. The van der Waals surface area contributed by atoms with Crippen molar-refractivity contribution in [3.05, 3.63) is 100 Å². The first-order valence-electron chi connectivity index (χ1n) is 11.4. The molecular formula is C28H25F2NO3. The number of halogens is 2. The first-order valence-corrected chi connectivity index (χ1v) is 11.4. The second-order valence-electron chi connectivity index (χ2n) is 8.58. The fourth-order valence-corrected chi connectivity index (χ4v) is 4.49. The third kappa shape index (κ3) is 4.39. The first kappa shape index (κ1) is 22.4. The minimum absolute atomic E-state index is 0.198. The van der Waals surface area contributed by atoms with Crippen LogP contribution in [-0.2, 0) is 4.74 Å². The van der Waals surface area contributed by atoms with Crippen LogP contribution in [0.4, 0.5) is 8.78 Å². The first-order chi connectivity index (χ1) is 16.5. The van der Waals surface area contributed by atoms with Crippen molar-refractivity contribution < 1.29 is 23.0 Å². The zero-order valence-electron chi connectivity index (χ0n) is 18.9. The Bertz CT molecular complexity index is 1260. The molecule has 1 aliphatic carbocycles. The Morgan fingerprint density at radius 2 is 1.62 bits per heavy atom. The number of rotatable bonds is 6. The van der Waals surface area contributed by atoms with Gasteiger partial charge in [-0.15, -0.1) is 0 Å². The molecule has 2 aliphatic rings. The van der Waals surface area contributed by atoms with Gasteiger partial charge in [0, 0.05) is 48.0 Å². The van der Waals surface area contributed by atoms with Crippen molar-refractivity contribution in [3.63, 3.8) is 0 Å². The second kappa shape index (κ2) is 9.49. The number of benzene rings is 3. The summed E-state index contributed by atoms with van der Waals surface area (Å²) in [5.41, 5.74) is 3.90. The highest BCUT2D eigenvalue weighted by Crippen LogP contribution is 2.44. The topological polar surface area (TPSA) is 38.8 Å². The fourth-order valence-electron chi connectivity index (χ4n) is 4.49. The lowest BCUT2D eigenvalue weighted by Gasteiger charge is -2.26. The van der Waals surface area contributed by atoms with Crippen LogP contribution in [0.3, 0.4) is 0 Å². The molecule has 0 unspecified atom stereocenters. The molecule has 0 saturated carbocycles. The van der Waals surface area contributed by atoms with E-state index in [1.165, 1.54) is 12.1 Å². The molecule has 1 saturated heterocycles. The molecule has 0 amide bonds. The lowest BCUT2D eigenvalue weighted by Crippen LogP contribution is -2.38. The van der Waals surface area contributed by atoms with Crippen LogP contribution < -0.4 is 4.74 Å². The summed E-state index contributed by atoms with van der Waals surface area (Å²) < 4.78 is 39.8. The van der Waals surface area contributed by atoms with Crippen molar-refractivity contribution >= 4 is 16.9 Å². The van der Waals surface area contributed by atoms with E-state index in [4.69, 9.17) is 9.47 Å². The van der Waals surface area contributed by atoms with E-state index < -0.39 is 11.6 Å². The van der Waals surface area contributed by atoms with Gasteiger partial charge in [-0.3, -0.25) is 9.69 Å². The number of carbonyl (C=O) groups excluding carboxylic acids is 1. The van der Waals surface area contributed by atoms with Crippen LogP contribution in [-0.4, -0.2) is 50.1 Å². The van der Waals surface area contributed by atoms with Crippen LogP contribution in [0.25, 0.3) is 11.1 Å². The average molecular weight is 462 g/mol. The van der Waals surface area contributed by atoms with Crippen LogP contribution in [0, 0.1) is 18.6 Å². The normalized spacial score (nSPS) is 16.1. The summed E-state index contributed by atoms with van der Waals surface area (Å²) in [6, 6.07) is 16.3. The molecule has 34 heavy (non-hydrogen) atoms. The molecule has 1 heterocycles. The molecule has 5 rings (SSSR count). The van der Waals surface area contributed by atoms with Crippen LogP contribution in [0.1, 0.15) is 32.6 Å². The number of aryl methyl sites for hydroxylation is 1. The van der Waals surface area contributed by atoms with Gasteiger partial charge in [-0.05, 0) is 48.4 Å². The predicted octanol–water partition coefficient (Wildman–Crippen LogP) is 5.14. The molecule has 1 fully saturated rings. The Labute approximate surface area is 197 Å². The van der Waals surface area contributed by atoms with Crippen LogP contribution in [0.5, 0.6) is 5.75 Å². The monoisotopic (exact) mass is 461 g/mol. The van der Waals surface area contributed by atoms with Gasteiger partial charge in [0.2, 0.25) is 0 Å². The maximum atomic E-state index is 14.9. The van der Waals surface area contributed by atoms with Crippen molar-refractivity contribution in [3.8, 4) is 5.75 Å². The van der Waals surface area contributed by atoms with Crippen molar-refractivity contribution in [2.24, 2.45) is 0 Å². The van der Waals surface area contributed by atoms with Crippen molar-refractivity contribution in [1.29, 1.82) is 0 Å². The number of hydrogen-bond acceptors (Lipinski definition) is 4. The van der Waals surface area contributed by atoms with E-state index in [1.807, 2.05) is 31.2 Å². The maximum absolute atomic E-state index is 14.9. The molecule has 0 spiro atoms. The number of nitrogens with zero attached hydrogens (tertiary/aromatic N) is 1. The Balaban J connectivity index is 1.49. The van der Waals surface area contributed by atoms with Gasteiger partial charge in [0.15, 0.2) is 5.78 Å². The minimum Gasteiger partial charge on any atom is -0.492 e. The van der Waals surface area contributed by atoms with E-state index in [-0.39, 0.29) is 11.3 Å². The van der Waals surface area contributed by atoms with Crippen molar-refractivity contribution in [2.75, 3.05) is 39.5 Å².